The van der Waals surface area contributed by atoms with Gasteiger partial charge >= 0.3 is 0 Å². The number of aliphatic hydroxyl groups excluding tert-OH is 1. The lowest BCUT2D eigenvalue weighted by Gasteiger charge is -2.41. The van der Waals surface area contributed by atoms with Crippen molar-refractivity contribution in [3.63, 3.8) is 0 Å². The van der Waals surface area contributed by atoms with E-state index in [9.17, 15) is 5.11 Å². The highest BCUT2D eigenvalue weighted by molar-refractivity contribution is 7.80. The molecule has 1 rings (SSSR count). The molecule has 0 aliphatic carbocycles. The summed E-state index contributed by atoms with van der Waals surface area (Å²) >= 11 is 4.85. The van der Waals surface area contributed by atoms with Gasteiger partial charge in [0.1, 0.15) is 0 Å². The number of piperidine rings is 1. The molecule has 1 unspecified atom stereocenters. The van der Waals surface area contributed by atoms with E-state index in [2.05, 4.69) is 18.7 Å². The zero-order valence-electron chi connectivity index (χ0n) is 8.99. The van der Waals surface area contributed by atoms with Gasteiger partial charge in [-0.05, 0) is 6.42 Å². The van der Waals surface area contributed by atoms with Crippen LogP contribution in [0.25, 0.3) is 0 Å². The Hall–Kier alpha value is -0.190. The number of hydrogen-bond donors (Lipinski definition) is 2. The van der Waals surface area contributed by atoms with Crippen molar-refractivity contribution in [1.82, 2.24) is 4.90 Å². The van der Waals surface area contributed by atoms with Gasteiger partial charge in [0.05, 0.1) is 11.1 Å². The highest BCUT2D eigenvalue weighted by Crippen LogP contribution is 2.28. The van der Waals surface area contributed by atoms with Gasteiger partial charge < -0.3 is 15.7 Å². The first-order valence-corrected chi connectivity index (χ1v) is 5.51. The first-order valence-electron chi connectivity index (χ1n) is 5.10. The predicted octanol–water partition coefficient (Wildman–Crippen LogP) is 0.755. The van der Waals surface area contributed by atoms with E-state index in [4.69, 9.17) is 18.0 Å². The first-order chi connectivity index (χ1) is 6.42. The molecular formula is C10H20N2OS. The summed E-state index contributed by atoms with van der Waals surface area (Å²) in [5, 5.41) is 9.75. The second-order valence-corrected chi connectivity index (χ2v) is 5.31. The van der Waals surface area contributed by atoms with E-state index in [0.29, 0.717) is 4.99 Å². The third kappa shape index (κ3) is 3.19. The van der Waals surface area contributed by atoms with Gasteiger partial charge in [-0.25, -0.2) is 0 Å². The van der Waals surface area contributed by atoms with Crippen LogP contribution in [0.3, 0.4) is 0 Å². The minimum atomic E-state index is -0.177. The van der Waals surface area contributed by atoms with E-state index in [1.165, 1.54) is 0 Å². The van der Waals surface area contributed by atoms with Crippen molar-refractivity contribution >= 4 is 17.2 Å². The van der Waals surface area contributed by atoms with Crippen LogP contribution in [0.2, 0.25) is 0 Å². The van der Waals surface area contributed by atoms with E-state index < -0.39 is 0 Å². The number of thiocarbonyl (C=S) groups is 1. The van der Waals surface area contributed by atoms with Crippen molar-refractivity contribution in [2.24, 2.45) is 11.1 Å². The third-order valence-electron chi connectivity index (χ3n) is 2.93. The summed E-state index contributed by atoms with van der Waals surface area (Å²) in [6.45, 7) is 7.00. The molecule has 14 heavy (non-hydrogen) atoms. The molecule has 1 fully saturated rings. The summed E-state index contributed by atoms with van der Waals surface area (Å²) in [6.07, 6.45) is 1.45. The van der Waals surface area contributed by atoms with Crippen LogP contribution in [0.15, 0.2) is 0 Å². The van der Waals surface area contributed by atoms with Crippen LogP contribution in [-0.2, 0) is 0 Å². The lowest BCUT2D eigenvalue weighted by molar-refractivity contribution is -0.0234. The van der Waals surface area contributed by atoms with Crippen LogP contribution in [-0.4, -0.2) is 40.7 Å². The molecule has 0 aromatic carbocycles. The van der Waals surface area contributed by atoms with E-state index in [-0.39, 0.29) is 11.5 Å². The molecule has 82 valence electrons. The van der Waals surface area contributed by atoms with Crippen molar-refractivity contribution in [2.75, 3.05) is 19.6 Å². The molecule has 3 nitrogen and oxygen atoms in total. The van der Waals surface area contributed by atoms with E-state index >= 15 is 0 Å². The number of rotatable bonds is 3. The average Bonchev–Trinajstić information content (AvgIpc) is 2.07. The smallest absolute Gasteiger partial charge is 0.0740 e. The predicted molar refractivity (Wildman–Crippen MR) is 62.2 cm³/mol. The maximum absolute atomic E-state index is 9.75. The highest BCUT2D eigenvalue weighted by atomic mass is 32.1. The Morgan fingerprint density at radius 2 is 2.29 bits per heavy atom. The van der Waals surface area contributed by atoms with Gasteiger partial charge in [0.15, 0.2) is 0 Å². The molecule has 1 saturated heterocycles. The van der Waals surface area contributed by atoms with Crippen LogP contribution in [0.1, 0.15) is 26.7 Å². The molecule has 0 aromatic rings. The Kier molecular flexibility index (Phi) is 3.86. The molecule has 1 aliphatic rings. The van der Waals surface area contributed by atoms with Crippen molar-refractivity contribution in [2.45, 2.75) is 32.8 Å². The molecule has 0 bridgehead atoms. The van der Waals surface area contributed by atoms with Gasteiger partial charge in [0.2, 0.25) is 0 Å². The summed E-state index contributed by atoms with van der Waals surface area (Å²) in [7, 11) is 0. The molecule has 1 heterocycles. The Morgan fingerprint density at radius 1 is 1.64 bits per heavy atom. The van der Waals surface area contributed by atoms with Gasteiger partial charge in [-0.15, -0.1) is 0 Å². The van der Waals surface area contributed by atoms with Crippen LogP contribution in [0.4, 0.5) is 0 Å². The molecule has 1 atom stereocenters. The van der Waals surface area contributed by atoms with Crippen LogP contribution in [0.5, 0.6) is 0 Å². The molecule has 1 aliphatic heterocycles. The fourth-order valence-corrected chi connectivity index (χ4v) is 2.01. The van der Waals surface area contributed by atoms with E-state index in [0.717, 1.165) is 32.5 Å². The maximum atomic E-state index is 9.75. The lowest BCUT2D eigenvalue weighted by atomic mass is 9.81. The Morgan fingerprint density at radius 3 is 2.79 bits per heavy atom. The number of aliphatic hydroxyl groups is 1. The molecule has 0 saturated carbocycles. The second kappa shape index (κ2) is 4.55. The highest BCUT2D eigenvalue weighted by Gasteiger charge is 2.34. The monoisotopic (exact) mass is 216 g/mol. The normalized spacial score (nSPS) is 27.5. The van der Waals surface area contributed by atoms with Crippen LogP contribution in [0, 0.1) is 5.41 Å². The topological polar surface area (TPSA) is 49.5 Å². The molecular weight excluding hydrogens is 196 g/mol. The Bertz CT molecular complexity index is 218. The zero-order valence-corrected chi connectivity index (χ0v) is 9.81. The van der Waals surface area contributed by atoms with Crippen molar-refractivity contribution in [1.29, 1.82) is 0 Å². The molecule has 0 amide bonds. The zero-order chi connectivity index (χ0) is 10.8. The van der Waals surface area contributed by atoms with Crippen molar-refractivity contribution in [3.05, 3.63) is 0 Å². The minimum Gasteiger partial charge on any atom is -0.393 e. The first kappa shape index (κ1) is 11.9. The molecule has 3 N–H and O–H groups in total. The third-order valence-corrected chi connectivity index (χ3v) is 3.13. The standard InChI is InChI=1S/C10H20N2OS/c1-10(2)7-12(5-3-8(10)13)6-4-9(11)14/h8,13H,3-7H2,1-2H3,(H2,11,14). The second-order valence-electron chi connectivity index (χ2n) is 4.79. The van der Waals surface area contributed by atoms with Crippen LogP contribution < -0.4 is 5.73 Å². The van der Waals surface area contributed by atoms with Gasteiger partial charge in [0, 0.05) is 31.5 Å². The number of hydrogen-bond acceptors (Lipinski definition) is 3. The number of nitrogens with zero attached hydrogens (tertiary/aromatic N) is 1. The molecule has 0 spiro atoms. The van der Waals surface area contributed by atoms with Gasteiger partial charge in [-0.3, -0.25) is 0 Å². The Balaban J connectivity index is 2.39. The van der Waals surface area contributed by atoms with Gasteiger partial charge in [0.25, 0.3) is 0 Å². The number of nitrogens with two attached hydrogens (primary N) is 1. The molecule has 0 radical (unpaired) electrons. The summed E-state index contributed by atoms with van der Waals surface area (Å²) < 4.78 is 0. The fourth-order valence-electron chi connectivity index (χ4n) is 1.92. The minimum absolute atomic E-state index is 0.00549. The van der Waals surface area contributed by atoms with Crippen molar-refractivity contribution in [3.8, 4) is 0 Å². The fraction of sp³-hybridized carbons (Fsp3) is 0.900. The van der Waals surface area contributed by atoms with E-state index in [1.54, 1.807) is 0 Å². The largest absolute Gasteiger partial charge is 0.393 e. The van der Waals surface area contributed by atoms with Crippen molar-refractivity contribution < 1.29 is 5.11 Å². The van der Waals surface area contributed by atoms with Crippen LogP contribution >= 0.6 is 12.2 Å². The Labute approximate surface area is 91.3 Å². The summed E-state index contributed by atoms with van der Waals surface area (Å²) in [5.41, 5.74) is 5.45. The number of likely N-dealkylation sites (tertiary alicyclic amines) is 1. The lowest BCUT2D eigenvalue weighted by Crippen LogP contribution is -2.49. The van der Waals surface area contributed by atoms with E-state index in [1.807, 2.05) is 0 Å². The van der Waals surface area contributed by atoms with Gasteiger partial charge in [-0.2, -0.15) is 0 Å². The average molecular weight is 216 g/mol. The molecule has 0 aromatic heterocycles. The SMILES string of the molecule is CC1(C)CN(CCC(N)=S)CCC1O. The van der Waals surface area contributed by atoms with Gasteiger partial charge in [-0.1, -0.05) is 26.1 Å². The maximum Gasteiger partial charge on any atom is 0.0740 e. The molecule has 4 heteroatoms. The quantitative estimate of drug-likeness (QED) is 0.684. The summed E-state index contributed by atoms with van der Waals surface area (Å²) in [5.74, 6) is 0. The summed E-state index contributed by atoms with van der Waals surface area (Å²) in [4.78, 5) is 2.90. The summed E-state index contributed by atoms with van der Waals surface area (Å²) in [6, 6.07) is 0.